The lowest BCUT2D eigenvalue weighted by molar-refractivity contribution is 0.122. The fourth-order valence-electron chi connectivity index (χ4n) is 3.96. The zero-order valence-electron chi connectivity index (χ0n) is 13.0. The number of rotatable bonds is 6. The third-order valence-corrected chi connectivity index (χ3v) is 5.44. The van der Waals surface area contributed by atoms with Crippen LogP contribution in [0.25, 0.3) is 0 Å². The molecule has 106 valence electrons. The third-order valence-electron chi connectivity index (χ3n) is 5.44. The Balaban J connectivity index is 1.74. The van der Waals surface area contributed by atoms with Crippen LogP contribution in [0.15, 0.2) is 0 Å². The summed E-state index contributed by atoms with van der Waals surface area (Å²) in [4.78, 5) is 2.77. The number of likely N-dealkylation sites (tertiary alicyclic amines) is 1. The molecule has 2 fully saturated rings. The number of hydrogen-bond donors (Lipinski definition) is 0. The third kappa shape index (κ3) is 3.73. The zero-order valence-corrected chi connectivity index (χ0v) is 13.0. The minimum Gasteiger partial charge on any atom is -0.303 e. The molecule has 2 rings (SSSR count). The highest BCUT2D eigenvalue weighted by atomic mass is 15.1. The lowest BCUT2D eigenvalue weighted by Gasteiger charge is -2.37. The fourth-order valence-corrected chi connectivity index (χ4v) is 3.96. The van der Waals surface area contributed by atoms with Crippen LogP contribution in [-0.4, -0.2) is 24.5 Å². The van der Waals surface area contributed by atoms with Crippen molar-refractivity contribution in [2.45, 2.75) is 66.2 Å². The molecule has 0 aromatic heterocycles. The lowest BCUT2D eigenvalue weighted by Crippen LogP contribution is -2.39. The quantitative estimate of drug-likeness (QED) is 0.668. The largest absolute Gasteiger partial charge is 0.303 e. The first-order valence-corrected chi connectivity index (χ1v) is 8.27. The van der Waals surface area contributed by atoms with E-state index >= 15 is 0 Å². The van der Waals surface area contributed by atoms with Gasteiger partial charge in [0.1, 0.15) is 0 Å². The molecule has 1 nitrogen and oxygen atoms in total. The summed E-state index contributed by atoms with van der Waals surface area (Å²) in [5, 5.41) is 0. The van der Waals surface area contributed by atoms with Crippen molar-refractivity contribution >= 4 is 0 Å². The van der Waals surface area contributed by atoms with E-state index in [2.05, 4.69) is 32.6 Å². The topological polar surface area (TPSA) is 3.24 Å². The zero-order chi connectivity index (χ0) is 13.2. The Hall–Kier alpha value is -0.0400. The Morgan fingerprint density at radius 3 is 2.17 bits per heavy atom. The Kier molecular flexibility index (Phi) is 4.75. The van der Waals surface area contributed by atoms with Gasteiger partial charge in [0.15, 0.2) is 0 Å². The molecule has 1 aliphatic heterocycles. The molecule has 1 saturated heterocycles. The maximum atomic E-state index is 2.77. The van der Waals surface area contributed by atoms with Gasteiger partial charge in [0.2, 0.25) is 0 Å². The molecular weight excluding hydrogens is 218 g/mol. The van der Waals surface area contributed by atoms with E-state index in [0.717, 1.165) is 23.2 Å². The summed E-state index contributed by atoms with van der Waals surface area (Å²) in [7, 11) is 0. The normalized spacial score (nSPS) is 26.5. The molecule has 1 heterocycles. The van der Waals surface area contributed by atoms with Crippen LogP contribution in [-0.2, 0) is 0 Å². The lowest BCUT2D eigenvalue weighted by atomic mass is 9.83. The second-order valence-corrected chi connectivity index (χ2v) is 7.60. The Bertz CT molecular complexity index is 246. The van der Waals surface area contributed by atoms with Crippen molar-refractivity contribution in [3.8, 4) is 0 Å². The molecule has 1 aliphatic carbocycles. The standard InChI is InChI=1S/C17H33N/c1-5-15(4)16-6-10-18(11-7-16)13-17(8-9-17)12-14(2)3/h14-16H,5-13H2,1-4H3. The fraction of sp³-hybridized carbons (Fsp3) is 1.00. The minimum absolute atomic E-state index is 0.734. The van der Waals surface area contributed by atoms with Gasteiger partial charge in [-0.05, 0) is 68.4 Å². The van der Waals surface area contributed by atoms with Gasteiger partial charge in [0.05, 0.1) is 0 Å². The van der Waals surface area contributed by atoms with Crippen LogP contribution in [0.4, 0.5) is 0 Å². The summed E-state index contributed by atoms with van der Waals surface area (Å²) in [6.45, 7) is 13.7. The predicted molar refractivity (Wildman–Crippen MR) is 79.7 cm³/mol. The molecule has 0 radical (unpaired) electrons. The van der Waals surface area contributed by atoms with Gasteiger partial charge in [-0.2, -0.15) is 0 Å². The van der Waals surface area contributed by atoms with Crippen LogP contribution < -0.4 is 0 Å². The summed E-state index contributed by atoms with van der Waals surface area (Å²) < 4.78 is 0. The van der Waals surface area contributed by atoms with Crippen molar-refractivity contribution in [3.63, 3.8) is 0 Å². The van der Waals surface area contributed by atoms with E-state index in [1.807, 2.05) is 0 Å². The molecule has 1 atom stereocenters. The Morgan fingerprint density at radius 1 is 1.11 bits per heavy atom. The van der Waals surface area contributed by atoms with Crippen LogP contribution in [0.2, 0.25) is 0 Å². The summed E-state index contributed by atoms with van der Waals surface area (Å²) in [5.74, 6) is 2.83. The second-order valence-electron chi connectivity index (χ2n) is 7.60. The highest BCUT2D eigenvalue weighted by molar-refractivity contribution is 4.96. The molecule has 18 heavy (non-hydrogen) atoms. The van der Waals surface area contributed by atoms with E-state index in [9.17, 15) is 0 Å². The monoisotopic (exact) mass is 251 g/mol. The first-order chi connectivity index (χ1) is 8.54. The summed E-state index contributed by atoms with van der Waals surface area (Å²) in [6.07, 6.45) is 8.71. The van der Waals surface area contributed by atoms with E-state index < -0.39 is 0 Å². The highest BCUT2D eigenvalue weighted by Crippen LogP contribution is 2.51. The SMILES string of the molecule is CCC(C)C1CCN(CC2(CC(C)C)CC2)CC1. The molecule has 2 aliphatic rings. The van der Waals surface area contributed by atoms with E-state index in [0.29, 0.717) is 0 Å². The van der Waals surface area contributed by atoms with Crippen molar-refractivity contribution in [1.29, 1.82) is 0 Å². The maximum Gasteiger partial charge on any atom is 0.00381 e. The summed E-state index contributed by atoms with van der Waals surface area (Å²) in [5.41, 5.74) is 0.734. The van der Waals surface area contributed by atoms with Gasteiger partial charge >= 0.3 is 0 Å². The van der Waals surface area contributed by atoms with Crippen molar-refractivity contribution < 1.29 is 0 Å². The predicted octanol–water partition coefficient (Wildman–Crippen LogP) is 4.57. The van der Waals surface area contributed by atoms with E-state index in [1.54, 1.807) is 0 Å². The summed E-state index contributed by atoms with van der Waals surface area (Å²) >= 11 is 0. The molecule has 0 spiro atoms. The first kappa shape index (κ1) is 14.4. The summed E-state index contributed by atoms with van der Waals surface area (Å²) in [6, 6.07) is 0. The van der Waals surface area contributed by atoms with Crippen LogP contribution in [0.1, 0.15) is 66.2 Å². The smallest absolute Gasteiger partial charge is 0.00381 e. The van der Waals surface area contributed by atoms with Crippen LogP contribution in [0, 0.1) is 23.2 Å². The van der Waals surface area contributed by atoms with Gasteiger partial charge in [-0.25, -0.2) is 0 Å². The molecule has 0 aromatic rings. The van der Waals surface area contributed by atoms with Crippen molar-refractivity contribution in [3.05, 3.63) is 0 Å². The molecule has 1 unspecified atom stereocenters. The van der Waals surface area contributed by atoms with Gasteiger partial charge in [0.25, 0.3) is 0 Å². The van der Waals surface area contributed by atoms with Crippen LogP contribution >= 0.6 is 0 Å². The molecule has 0 aromatic carbocycles. The average molecular weight is 251 g/mol. The first-order valence-electron chi connectivity index (χ1n) is 8.27. The minimum atomic E-state index is 0.734. The Morgan fingerprint density at radius 2 is 1.72 bits per heavy atom. The molecule has 0 amide bonds. The van der Waals surface area contributed by atoms with E-state index in [1.165, 1.54) is 58.2 Å². The maximum absolute atomic E-state index is 2.77. The van der Waals surface area contributed by atoms with Crippen molar-refractivity contribution in [2.24, 2.45) is 23.2 Å². The van der Waals surface area contributed by atoms with Gasteiger partial charge in [0, 0.05) is 6.54 Å². The van der Waals surface area contributed by atoms with Gasteiger partial charge in [-0.3, -0.25) is 0 Å². The van der Waals surface area contributed by atoms with Gasteiger partial charge in [-0.15, -0.1) is 0 Å². The van der Waals surface area contributed by atoms with E-state index in [-0.39, 0.29) is 0 Å². The molecule has 0 N–H and O–H groups in total. The van der Waals surface area contributed by atoms with Crippen molar-refractivity contribution in [1.82, 2.24) is 4.90 Å². The average Bonchev–Trinajstić information content (AvgIpc) is 3.07. The van der Waals surface area contributed by atoms with Crippen LogP contribution in [0.5, 0.6) is 0 Å². The number of nitrogens with zero attached hydrogens (tertiary/aromatic N) is 1. The number of hydrogen-bond acceptors (Lipinski definition) is 1. The molecular formula is C17H33N. The molecule has 1 saturated carbocycles. The molecule has 1 heteroatoms. The van der Waals surface area contributed by atoms with Crippen LogP contribution in [0.3, 0.4) is 0 Å². The highest BCUT2D eigenvalue weighted by Gasteiger charge is 2.44. The van der Waals surface area contributed by atoms with Gasteiger partial charge < -0.3 is 4.90 Å². The second kappa shape index (κ2) is 5.94. The van der Waals surface area contributed by atoms with Gasteiger partial charge in [-0.1, -0.05) is 34.1 Å². The van der Waals surface area contributed by atoms with Crippen molar-refractivity contribution in [2.75, 3.05) is 19.6 Å². The van der Waals surface area contributed by atoms with E-state index in [4.69, 9.17) is 0 Å². The number of piperidine rings is 1. The Labute approximate surface area is 114 Å². The molecule has 0 bridgehead atoms.